The van der Waals surface area contributed by atoms with Crippen LogP contribution in [0.1, 0.15) is 16.7 Å². The Hall–Kier alpha value is -1.88. The molecule has 0 radical (unpaired) electrons. The minimum atomic E-state index is -1.47. The highest BCUT2D eigenvalue weighted by Gasteiger charge is 2.27. The number of hydrogen-bond donors (Lipinski definition) is 7. The highest BCUT2D eigenvalue weighted by molar-refractivity contribution is 5.92. The van der Waals surface area contributed by atoms with Crippen LogP contribution >= 0.6 is 0 Å². The fourth-order valence-corrected chi connectivity index (χ4v) is 1.99. The van der Waals surface area contributed by atoms with Gasteiger partial charge in [0.25, 0.3) is 0 Å². The van der Waals surface area contributed by atoms with Crippen molar-refractivity contribution in [3.63, 3.8) is 0 Å². The van der Waals surface area contributed by atoms with Crippen LogP contribution in [-0.4, -0.2) is 98.9 Å². The van der Waals surface area contributed by atoms with Crippen LogP contribution in [0.2, 0.25) is 0 Å². The molecule has 0 fully saturated rings. The van der Waals surface area contributed by atoms with Gasteiger partial charge in [-0.05, 0) is 24.6 Å². The molecular formula is C17H26N2O7. The zero-order valence-corrected chi connectivity index (χ0v) is 14.6. The van der Waals surface area contributed by atoms with Crippen molar-refractivity contribution in [2.24, 2.45) is 9.98 Å². The van der Waals surface area contributed by atoms with Gasteiger partial charge in [-0.25, -0.2) is 0 Å². The van der Waals surface area contributed by atoms with E-state index < -0.39 is 50.7 Å². The fraction of sp³-hybridized carbons (Fsp3) is 0.529. The van der Waals surface area contributed by atoms with Crippen LogP contribution in [-0.2, 0) is 0 Å². The number of rotatable bonds is 10. The summed E-state index contributed by atoms with van der Waals surface area (Å²) >= 11 is 0. The van der Waals surface area contributed by atoms with Crippen molar-refractivity contribution in [2.45, 2.75) is 18.0 Å². The molecule has 9 nitrogen and oxygen atoms in total. The zero-order valence-electron chi connectivity index (χ0n) is 14.6. The standard InChI is InChI=1S/C17H26N2O7/c1-12-2-13(4-18-16(6-20,7-21)8-22)15(26)14(3-12)5-19-17(9-23,10-24)11-25/h2-5,20-26H,6-11H2,1H3. The smallest absolute Gasteiger partial charge is 0.133 e. The van der Waals surface area contributed by atoms with Crippen molar-refractivity contribution >= 4 is 12.4 Å². The predicted molar refractivity (Wildman–Crippen MR) is 96.0 cm³/mol. The molecule has 0 atom stereocenters. The average Bonchev–Trinajstić information content (AvgIpc) is 2.67. The van der Waals surface area contributed by atoms with E-state index in [-0.39, 0.29) is 16.9 Å². The summed E-state index contributed by atoms with van der Waals surface area (Å²) in [5, 5.41) is 66.2. The van der Waals surface area contributed by atoms with Gasteiger partial charge in [-0.1, -0.05) is 0 Å². The summed E-state index contributed by atoms with van der Waals surface area (Å²) in [4.78, 5) is 7.96. The molecule has 0 saturated carbocycles. The van der Waals surface area contributed by atoms with Crippen LogP contribution in [0.25, 0.3) is 0 Å². The lowest BCUT2D eigenvalue weighted by Crippen LogP contribution is -2.39. The van der Waals surface area contributed by atoms with Crippen molar-refractivity contribution in [3.8, 4) is 5.75 Å². The Labute approximate surface area is 151 Å². The van der Waals surface area contributed by atoms with Gasteiger partial charge in [0.15, 0.2) is 0 Å². The van der Waals surface area contributed by atoms with Gasteiger partial charge in [-0.2, -0.15) is 0 Å². The number of aliphatic hydroxyl groups is 6. The molecule has 0 aromatic heterocycles. The summed E-state index contributed by atoms with van der Waals surface area (Å²) in [5.74, 6) is -0.214. The summed E-state index contributed by atoms with van der Waals surface area (Å²) < 4.78 is 0. The van der Waals surface area contributed by atoms with Crippen LogP contribution in [0.3, 0.4) is 0 Å². The van der Waals surface area contributed by atoms with Crippen LogP contribution in [0, 0.1) is 6.92 Å². The highest BCUT2D eigenvalue weighted by atomic mass is 16.3. The molecule has 0 aliphatic heterocycles. The van der Waals surface area contributed by atoms with Gasteiger partial charge in [0.1, 0.15) is 16.8 Å². The Morgan fingerprint density at radius 3 is 1.31 bits per heavy atom. The number of aliphatic imine (C=N–C) groups is 2. The minimum absolute atomic E-state index is 0.214. The largest absolute Gasteiger partial charge is 0.507 e. The first-order valence-corrected chi connectivity index (χ1v) is 7.94. The van der Waals surface area contributed by atoms with Crippen LogP contribution in [0.4, 0.5) is 0 Å². The first kappa shape index (κ1) is 22.2. The molecule has 0 heterocycles. The third-order valence-corrected chi connectivity index (χ3v) is 4.03. The van der Waals surface area contributed by atoms with Gasteiger partial charge in [-0.3, -0.25) is 9.98 Å². The van der Waals surface area contributed by atoms with Gasteiger partial charge in [0.2, 0.25) is 0 Å². The molecule has 0 aliphatic carbocycles. The zero-order chi connectivity index (χ0) is 19.8. The number of phenols is 1. The van der Waals surface area contributed by atoms with E-state index >= 15 is 0 Å². The Kier molecular flexibility index (Phi) is 8.28. The van der Waals surface area contributed by atoms with Crippen LogP contribution in [0.5, 0.6) is 5.75 Å². The first-order valence-electron chi connectivity index (χ1n) is 7.94. The van der Waals surface area contributed by atoms with E-state index in [9.17, 15) is 35.7 Å². The summed E-state index contributed by atoms with van der Waals surface area (Å²) in [5.41, 5.74) is -1.69. The molecule has 0 saturated heterocycles. The Morgan fingerprint density at radius 2 is 1.04 bits per heavy atom. The lowest BCUT2D eigenvalue weighted by atomic mass is 10.0. The van der Waals surface area contributed by atoms with Crippen molar-refractivity contribution in [1.82, 2.24) is 0 Å². The van der Waals surface area contributed by atoms with Crippen LogP contribution < -0.4 is 0 Å². The van der Waals surface area contributed by atoms with E-state index in [1.54, 1.807) is 19.1 Å². The van der Waals surface area contributed by atoms with Gasteiger partial charge in [0, 0.05) is 23.6 Å². The van der Waals surface area contributed by atoms with Crippen molar-refractivity contribution in [1.29, 1.82) is 0 Å². The number of hydrogen-bond acceptors (Lipinski definition) is 9. The Balaban J connectivity index is 3.28. The number of benzene rings is 1. The lowest BCUT2D eigenvalue weighted by Gasteiger charge is -2.22. The Morgan fingerprint density at radius 1 is 0.731 bits per heavy atom. The molecule has 9 heteroatoms. The molecule has 0 bridgehead atoms. The quantitative estimate of drug-likeness (QED) is 0.233. The summed E-state index contributed by atoms with van der Waals surface area (Å²) in [6.45, 7) is -1.73. The van der Waals surface area contributed by atoms with Gasteiger partial charge in [-0.15, -0.1) is 0 Å². The molecule has 26 heavy (non-hydrogen) atoms. The molecular weight excluding hydrogens is 344 g/mol. The Bertz CT molecular complexity index is 570. The summed E-state index contributed by atoms with van der Waals surface area (Å²) in [7, 11) is 0. The van der Waals surface area contributed by atoms with E-state index in [1.165, 1.54) is 12.4 Å². The molecule has 1 aromatic rings. The molecule has 0 unspecified atom stereocenters. The number of aliphatic hydroxyl groups excluding tert-OH is 6. The highest BCUT2D eigenvalue weighted by Crippen LogP contribution is 2.23. The monoisotopic (exact) mass is 370 g/mol. The second-order valence-corrected chi connectivity index (χ2v) is 6.21. The van der Waals surface area contributed by atoms with Crippen molar-refractivity contribution in [3.05, 3.63) is 28.8 Å². The average molecular weight is 370 g/mol. The fourth-order valence-electron chi connectivity index (χ4n) is 1.99. The van der Waals surface area contributed by atoms with Gasteiger partial charge in [0.05, 0.1) is 39.6 Å². The second-order valence-electron chi connectivity index (χ2n) is 6.21. The van der Waals surface area contributed by atoms with Gasteiger partial charge >= 0.3 is 0 Å². The maximum atomic E-state index is 10.4. The van der Waals surface area contributed by atoms with E-state index in [4.69, 9.17) is 0 Å². The molecule has 1 aromatic carbocycles. The summed E-state index contributed by atoms with van der Waals surface area (Å²) in [6, 6.07) is 3.20. The molecule has 0 spiro atoms. The topological polar surface area (TPSA) is 166 Å². The van der Waals surface area contributed by atoms with Crippen molar-refractivity contribution in [2.75, 3.05) is 39.6 Å². The number of aromatic hydroxyl groups is 1. The third-order valence-electron chi connectivity index (χ3n) is 4.03. The SMILES string of the molecule is Cc1cc(C=NC(CO)(CO)CO)c(O)c(C=NC(CO)(CO)CO)c1. The van der Waals surface area contributed by atoms with Crippen LogP contribution in [0.15, 0.2) is 22.1 Å². The van der Waals surface area contributed by atoms with Crippen molar-refractivity contribution < 1.29 is 35.7 Å². The molecule has 0 amide bonds. The third kappa shape index (κ3) is 5.07. The number of phenolic OH excluding ortho intramolecular Hbond substituents is 1. The summed E-state index contributed by atoms with van der Waals surface area (Å²) in [6.07, 6.45) is 2.44. The molecule has 7 N–H and O–H groups in total. The molecule has 146 valence electrons. The van der Waals surface area contributed by atoms with E-state index in [1.807, 2.05) is 0 Å². The number of aryl methyl sites for hydroxylation is 1. The first-order chi connectivity index (χ1) is 12.3. The lowest BCUT2D eigenvalue weighted by molar-refractivity contribution is 0.0715. The van der Waals surface area contributed by atoms with Gasteiger partial charge < -0.3 is 35.7 Å². The maximum Gasteiger partial charge on any atom is 0.133 e. The van der Waals surface area contributed by atoms with E-state index in [0.717, 1.165) is 5.56 Å². The number of nitrogens with zero attached hydrogens (tertiary/aromatic N) is 2. The predicted octanol–water partition coefficient (Wildman–Crippen LogP) is -2.03. The molecule has 0 aliphatic rings. The minimum Gasteiger partial charge on any atom is -0.507 e. The maximum absolute atomic E-state index is 10.4. The normalized spacial score (nSPS) is 13.2. The second kappa shape index (κ2) is 9.72. The van der Waals surface area contributed by atoms with E-state index in [2.05, 4.69) is 9.98 Å². The molecule has 1 rings (SSSR count). The van der Waals surface area contributed by atoms with E-state index in [0.29, 0.717) is 0 Å².